The Hall–Kier alpha value is -3.98. The van der Waals surface area contributed by atoms with E-state index in [-0.39, 0.29) is 29.4 Å². The zero-order valence-corrected chi connectivity index (χ0v) is 21.3. The zero-order chi connectivity index (χ0) is 30.1. The molecular formula is C26H24F7N5O3. The molecular weight excluding hydrogens is 563 g/mol. The van der Waals surface area contributed by atoms with Crippen LogP contribution in [0.15, 0.2) is 53.6 Å². The van der Waals surface area contributed by atoms with Gasteiger partial charge in [0.2, 0.25) is 5.91 Å². The second kappa shape index (κ2) is 11.5. The van der Waals surface area contributed by atoms with Crippen LogP contribution in [-0.4, -0.2) is 52.0 Å². The molecule has 0 saturated carbocycles. The number of amides is 1. The number of aromatic amines is 1. The molecule has 0 aliphatic carbocycles. The van der Waals surface area contributed by atoms with E-state index in [1.807, 2.05) is 0 Å². The summed E-state index contributed by atoms with van der Waals surface area (Å²) in [4.78, 5) is 32.3. The van der Waals surface area contributed by atoms with Gasteiger partial charge in [-0.15, -0.1) is 0 Å². The summed E-state index contributed by atoms with van der Waals surface area (Å²) in [5.74, 6) is -7.38. The Balaban J connectivity index is 1.45. The van der Waals surface area contributed by atoms with Crippen molar-refractivity contribution in [1.29, 1.82) is 0 Å². The molecule has 1 aromatic carbocycles. The standard InChI is InChI=1S/C26H24F7N5O3/c1-13(23(39)37-21-5-3-16(11-35-21)41-20-4-2-15(27)9-19(20)28)38-7-6-25(29,30)18(12-38)14-8-17(24(40)36-10-14)22(34)26(31,32)33/h2-5,8-11,13,18,22H,6-7,12,34H2,1H3,(H,36,40)(H,35,37,39)/t13?,18?,22-/m1/s1. The van der Waals surface area contributed by atoms with Crippen molar-refractivity contribution in [2.75, 3.05) is 18.4 Å². The van der Waals surface area contributed by atoms with Crippen molar-refractivity contribution in [1.82, 2.24) is 14.9 Å². The van der Waals surface area contributed by atoms with Crippen molar-refractivity contribution < 1.29 is 40.3 Å². The lowest BCUT2D eigenvalue weighted by molar-refractivity contribution is -0.149. The van der Waals surface area contributed by atoms with Gasteiger partial charge in [0.1, 0.15) is 23.4 Å². The van der Waals surface area contributed by atoms with Crippen LogP contribution in [0.3, 0.4) is 0 Å². The van der Waals surface area contributed by atoms with Gasteiger partial charge < -0.3 is 20.8 Å². The summed E-state index contributed by atoms with van der Waals surface area (Å²) in [6.07, 6.45) is -3.55. The van der Waals surface area contributed by atoms with Crippen molar-refractivity contribution in [2.45, 2.75) is 43.4 Å². The fourth-order valence-corrected chi connectivity index (χ4v) is 4.35. The molecule has 0 spiro atoms. The average molecular weight is 587 g/mol. The molecule has 1 fully saturated rings. The number of carbonyl (C=O) groups is 1. The topological polar surface area (TPSA) is 113 Å². The van der Waals surface area contributed by atoms with E-state index < -0.39 is 71.7 Å². The number of ether oxygens (including phenoxy) is 1. The molecule has 2 unspecified atom stereocenters. The zero-order valence-electron chi connectivity index (χ0n) is 21.3. The summed E-state index contributed by atoms with van der Waals surface area (Å²) in [7, 11) is 0. The van der Waals surface area contributed by atoms with Crippen LogP contribution >= 0.6 is 0 Å². The largest absolute Gasteiger partial charge is 0.453 e. The number of hydrogen-bond donors (Lipinski definition) is 3. The lowest BCUT2D eigenvalue weighted by Gasteiger charge is -2.40. The normalized spacial score (nSPS) is 18.9. The monoisotopic (exact) mass is 587 g/mol. The quantitative estimate of drug-likeness (QED) is 0.341. The van der Waals surface area contributed by atoms with Gasteiger partial charge in [-0.25, -0.2) is 22.5 Å². The van der Waals surface area contributed by atoms with Crippen LogP contribution in [0.4, 0.5) is 36.6 Å². The van der Waals surface area contributed by atoms with Crippen LogP contribution < -0.4 is 21.3 Å². The molecule has 3 atom stereocenters. The first-order chi connectivity index (χ1) is 19.2. The van der Waals surface area contributed by atoms with Crippen LogP contribution in [0, 0.1) is 11.6 Å². The first-order valence-corrected chi connectivity index (χ1v) is 12.2. The summed E-state index contributed by atoms with van der Waals surface area (Å²) in [6.45, 7) is 0.861. The van der Waals surface area contributed by atoms with E-state index >= 15 is 0 Å². The fourth-order valence-electron chi connectivity index (χ4n) is 4.35. The lowest BCUT2D eigenvalue weighted by atomic mass is 9.86. The number of rotatable bonds is 7. The van der Waals surface area contributed by atoms with Gasteiger partial charge in [0, 0.05) is 37.3 Å². The maximum Gasteiger partial charge on any atom is 0.407 e. The minimum atomic E-state index is -4.96. The molecule has 4 N–H and O–H groups in total. The number of hydrogen-bond acceptors (Lipinski definition) is 6. The first kappa shape index (κ1) is 30.0. The average Bonchev–Trinajstić information content (AvgIpc) is 2.90. The third kappa shape index (κ3) is 6.85. The molecule has 1 aliphatic rings. The van der Waals surface area contributed by atoms with Crippen LogP contribution in [-0.2, 0) is 4.79 Å². The minimum Gasteiger partial charge on any atom is -0.453 e. The number of nitrogens with zero attached hydrogens (tertiary/aromatic N) is 2. The molecule has 220 valence electrons. The molecule has 3 aromatic rings. The van der Waals surface area contributed by atoms with E-state index in [2.05, 4.69) is 15.3 Å². The van der Waals surface area contributed by atoms with Crippen molar-refractivity contribution in [2.24, 2.45) is 5.73 Å². The Kier molecular flexibility index (Phi) is 8.40. The van der Waals surface area contributed by atoms with Crippen molar-refractivity contribution >= 4 is 11.7 Å². The van der Waals surface area contributed by atoms with Gasteiger partial charge in [0.15, 0.2) is 11.6 Å². The van der Waals surface area contributed by atoms with E-state index in [4.69, 9.17) is 10.5 Å². The van der Waals surface area contributed by atoms with E-state index in [0.717, 1.165) is 24.4 Å². The number of pyridine rings is 2. The summed E-state index contributed by atoms with van der Waals surface area (Å²) >= 11 is 0. The highest BCUT2D eigenvalue weighted by Crippen LogP contribution is 2.41. The van der Waals surface area contributed by atoms with Crippen LogP contribution in [0.2, 0.25) is 0 Å². The van der Waals surface area contributed by atoms with E-state index in [0.29, 0.717) is 6.07 Å². The predicted molar refractivity (Wildman–Crippen MR) is 133 cm³/mol. The number of anilines is 1. The Morgan fingerprint density at radius 2 is 1.95 bits per heavy atom. The molecule has 1 amide bonds. The molecule has 0 bridgehead atoms. The molecule has 2 aromatic heterocycles. The van der Waals surface area contributed by atoms with Crippen molar-refractivity contribution in [3.63, 3.8) is 0 Å². The molecule has 0 radical (unpaired) electrons. The Morgan fingerprint density at radius 1 is 1.22 bits per heavy atom. The van der Waals surface area contributed by atoms with E-state index in [9.17, 15) is 40.3 Å². The number of likely N-dealkylation sites (tertiary alicyclic amines) is 1. The van der Waals surface area contributed by atoms with Crippen molar-refractivity contribution in [3.8, 4) is 11.5 Å². The summed E-state index contributed by atoms with van der Waals surface area (Å²) in [5.41, 5.74) is 2.86. The van der Waals surface area contributed by atoms with Gasteiger partial charge in [0.05, 0.1) is 18.2 Å². The summed E-state index contributed by atoms with van der Waals surface area (Å²) in [6, 6.07) is 2.57. The summed E-state index contributed by atoms with van der Waals surface area (Å²) < 4.78 is 101. The van der Waals surface area contributed by atoms with Crippen molar-refractivity contribution in [3.05, 3.63) is 81.9 Å². The third-order valence-corrected chi connectivity index (χ3v) is 6.74. The molecule has 3 heterocycles. The number of nitrogens with one attached hydrogen (secondary N) is 2. The number of H-pyrrole nitrogens is 1. The SMILES string of the molecule is CC(C(=O)Nc1ccc(Oc2ccc(F)cc2F)cn1)N1CCC(F)(F)C(c2c[nH]c(=O)c([C@@H](N)C(F)(F)F)c2)C1. The maximum atomic E-state index is 14.9. The molecule has 15 heteroatoms. The number of alkyl halides is 5. The van der Waals surface area contributed by atoms with Crippen LogP contribution in [0.5, 0.6) is 11.5 Å². The fraction of sp³-hybridized carbons (Fsp3) is 0.346. The maximum absolute atomic E-state index is 14.9. The first-order valence-electron chi connectivity index (χ1n) is 12.2. The molecule has 1 aliphatic heterocycles. The highest BCUT2D eigenvalue weighted by Gasteiger charge is 2.47. The van der Waals surface area contributed by atoms with Crippen LogP contribution in [0.1, 0.15) is 36.4 Å². The number of nitrogens with two attached hydrogens (primary N) is 1. The van der Waals surface area contributed by atoms with Gasteiger partial charge in [-0.1, -0.05) is 0 Å². The Labute approximate surface area is 228 Å². The minimum absolute atomic E-state index is 0.0686. The second-order valence-electron chi connectivity index (χ2n) is 9.52. The smallest absolute Gasteiger partial charge is 0.407 e. The van der Waals surface area contributed by atoms with Crippen LogP contribution in [0.25, 0.3) is 0 Å². The molecule has 8 nitrogen and oxygen atoms in total. The molecule has 1 saturated heterocycles. The lowest BCUT2D eigenvalue weighted by Crippen LogP contribution is -2.52. The number of aromatic nitrogens is 2. The molecule has 4 rings (SSSR count). The number of halogens is 7. The third-order valence-electron chi connectivity index (χ3n) is 6.74. The van der Waals surface area contributed by atoms with Gasteiger partial charge in [0.25, 0.3) is 11.5 Å². The van der Waals surface area contributed by atoms with E-state index in [1.165, 1.54) is 30.2 Å². The van der Waals surface area contributed by atoms with E-state index in [1.54, 1.807) is 0 Å². The van der Waals surface area contributed by atoms with Gasteiger partial charge in [-0.05, 0) is 42.8 Å². The van der Waals surface area contributed by atoms with Gasteiger partial charge >= 0.3 is 6.18 Å². The summed E-state index contributed by atoms with van der Waals surface area (Å²) in [5, 5.41) is 2.52. The number of piperidine rings is 1. The predicted octanol–water partition coefficient (Wildman–Crippen LogP) is 4.85. The Bertz CT molecular complexity index is 1460. The number of benzene rings is 1. The van der Waals surface area contributed by atoms with Gasteiger partial charge in [-0.2, -0.15) is 13.2 Å². The molecule has 41 heavy (non-hydrogen) atoms. The highest BCUT2D eigenvalue weighted by atomic mass is 19.4. The Morgan fingerprint density at radius 3 is 2.59 bits per heavy atom. The number of carbonyl (C=O) groups excluding carboxylic acids is 1. The highest BCUT2D eigenvalue weighted by molar-refractivity contribution is 5.93. The second-order valence-corrected chi connectivity index (χ2v) is 9.52. The van der Waals surface area contributed by atoms with Gasteiger partial charge in [-0.3, -0.25) is 14.5 Å².